The number of aromatic amines is 1. The minimum Gasteiger partial charge on any atom is -0.441 e. The number of anilines is 1. The molecule has 0 radical (unpaired) electrons. The highest BCUT2D eigenvalue weighted by atomic mass is 19.1. The third-order valence-corrected chi connectivity index (χ3v) is 5.39. The molecule has 6 nitrogen and oxygen atoms in total. The number of benzene rings is 1. The highest BCUT2D eigenvalue weighted by Gasteiger charge is 2.16. The van der Waals surface area contributed by atoms with Crippen molar-refractivity contribution in [3.8, 4) is 11.3 Å². The first-order chi connectivity index (χ1) is 14.2. The topological polar surface area (TPSA) is 83.8 Å². The number of aryl methyl sites for hydroxylation is 1. The molecule has 0 atom stereocenters. The first-order valence-electron chi connectivity index (χ1n) is 10.2. The van der Waals surface area contributed by atoms with E-state index in [0.29, 0.717) is 35.4 Å². The highest BCUT2D eigenvalue weighted by molar-refractivity contribution is 5.89. The van der Waals surface area contributed by atoms with Crippen LogP contribution >= 0.6 is 0 Å². The summed E-state index contributed by atoms with van der Waals surface area (Å²) in [5.74, 6) is 1.49. The molecule has 0 spiro atoms. The van der Waals surface area contributed by atoms with Crippen LogP contribution in [0.2, 0.25) is 0 Å². The Morgan fingerprint density at radius 1 is 1.24 bits per heavy atom. The molecule has 7 heteroatoms. The van der Waals surface area contributed by atoms with Gasteiger partial charge in [-0.3, -0.25) is 9.89 Å². The average molecular weight is 396 g/mol. The van der Waals surface area contributed by atoms with Crippen LogP contribution in [0, 0.1) is 11.7 Å². The number of nitrogens with one attached hydrogen (secondary N) is 2. The number of nitrogens with zero attached hydrogens (tertiary/aromatic N) is 2. The first-order valence-corrected chi connectivity index (χ1v) is 10.2. The van der Waals surface area contributed by atoms with Crippen molar-refractivity contribution in [1.82, 2.24) is 15.2 Å². The summed E-state index contributed by atoms with van der Waals surface area (Å²) in [4.78, 5) is 16.4. The van der Waals surface area contributed by atoms with E-state index in [2.05, 4.69) is 20.5 Å². The number of rotatable bonds is 7. The van der Waals surface area contributed by atoms with E-state index in [1.807, 2.05) is 6.07 Å². The molecular weight excluding hydrogens is 371 g/mol. The number of carbonyl (C=O) groups excluding carboxylic acids is 1. The molecule has 0 aliphatic heterocycles. The molecule has 0 unspecified atom stereocenters. The normalized spacial score (nSPS) is 14.8. The lowest BCUT2D eigenvalue weighted by atomic mass is 9.86. The van der Waals surface area contributed by atoms with Gasteiger partial charge in [0.05, 0.1) is 11.8 Å². The van der Waals surface area contributed by atoms with Crippen LogP contribution in [0.1, 0.15) is 50.1 Å². The number of halogens is 1. The largest absolute Gasteiger partial charge is 0.441 e. The number of hydrogen-bond acceptors (Lipinski definition) is 4. The fourth-order valence-electron chi connectivity index (χ4n) is 3.87. The van der Waals surface area contributed by atoms with Crippen LogP contribution in [0.3, 0.4) is 0 Å². The number of amides is 1. The molecule has 1 fully saturated rings. The smallest absolute Gasteiger partial charge is 0.226 e. The van der Waals surface area contributed by atoms with Gasteiger partial charge in [-0.2, -0.15) is 5.10 Å². The Bertz CT molecular complexity index is 959. The number of oxazole rings is 1. The molecule has 3 aromatic rings. The molecule has 2 aromatic heterocycles. The van der Waals surface area contributed by atoms with Crippen molar-refractivity contribution in [2.75, 3.05) is 5.32 Å². The SMILES string of the molecule is O=C(CCc1ncc(-c2ccccc2F)o1)Nc1cc(CC2CCCCC2)[nH]n1. The van der Waals surface area contributed by atoms with E-state index in [4.69, 9.17) is 4.42 Å². The molecule has 29 heavy (non-hydrogen) atoms. The summed E-state index contributed by atoms with van der Waals surface area (Å²) >= 11 is 0. The Labute approximate surface area is 168 Å². The molecule has 1 aliphatic rings. The predicted octanol–water partition coefficient (Wildman–Crippen LogP) is 4.90. The zero-order chi connectivity index (χ0) is 20.1. The minimum absolute atomic E-state index is 0.161. The number of carbonyl (C=O) groups is 1. The van der Waals surface area contributed by atoms with Gasteiger partial charge < -0.3 is 9.73 Å². The third kappa shape index (κ3) is 5.10. The molecule has 1 amide bonds. The summed E-state index contributed by atoms with van der Waals surface area (Å²) in [5, 5.41) is 10.0. The molecule has 0 saturated heterocycles. The van der Waals surface area contributed by atoms with Gasteiger partial charge in [0.25, 0.3) is 0 Å². The average Bonchev–Trinajstić information content (AvgIpc) is 3.37. The van der Waals surface area contributed by atoms with Crippen molar-refractivity contribution in [3.63, 3.8) is 0 Å². The second-order valence-electron chi connectivity index (χ2n) is 7.63. The van der Waals surface area contributed by atoms with E-state index in [-0.39, 0.29) is 18.1 Å². The van der Waals surface area contributed by atoms with Gasteiger partial charge in [-0.15, -0.1) is 0 Å². The quantitative estimate of drug-likeness (QED) is 0.595. The second-order valence-corrected chi connectivity index (χ2v) is 7.63. The van der Waals surface area contributed by atoms with Crippen molar-refractivity contribution < 1.29 is 13.6 Å². The zero-order valence-corrected chi connectivity index (χ0v) is 16.3. The molecule has 152 valence electrons. The summed E-state index contributed by atoms with van der Waals surface area (Å²) in [7, 11) is 0. The summed E-state index contributed by atoms with van der Waals surface area (Å²) in [5.41, 5.74) is 1.42. The number of hydrogen-bond donors (Lipinski definition) is 2. The van der Waals surface area contributed by atoms with Crippen LogP contribution in [0.5, 0.6) is 0 Å². The molecule has 0 bridgehead atoms. The van der Waals surface area contributed by atoms with E-state index in [1.165, 1.54) is 44.4 Å². The van der Waals surface area contributed by atoms with Crippen molar-refractivity contribution in [1.29, 1.82) is 0 Å². The monoisotopic (exact) mass is 396 g/mol. The van der Waals surface area contributed by atoms with Gasteiger partial charge in [-0.05, 0) is 24.5 Å². The maximum Gasteiger partial charge on any atom is 0.226 e. The van der Waals surface area contributed by atoms with Crippen LogP contribution < -0.4 is 5.32 Å². The Morgan fingerprint density at radius 2 is 2.07 bits per heavy atom. The van der Waals surface area contributed by atoms with Crippen molar-refractivity contribution >= 4 is 11.7 Å². The summed E-state index contributed by atoms with van der Waals surface area (Å²) in [6.07, 6.45) is 9.50. The molecule has 2 heterocycles. The summed E-state index contributed by atoms with van der Waals surface area (Å²) in [6, 6.07) is 8.27. The van der Waals surface area contributed by atoms with E-state index >= 15 is 0 Å². The van der Waals surface area contributed by atoms with Crippen LogP contribution in [-0.2, 0) is 17.6 Å². The van der Waals surface area contributed by atoms with Gasteiger partial charge in [-0.25, -0.2) is 9.37 Å². The molecule has 1 aromatic carbocycles. The Balaban J connectivity index is 1.27. The van der Waals surface area contributed by atoms with E-state index in [0.717, 1.165) is 12.1 Å². The Hall–Kier alpha value is -2.96. The van der Waals surface area contributed by atoms with Crippen LogP contribution in [0.25, 0.3) is 11.3 Å². The molecule has 4 rings (SSSR count). The zero-order valence-electron chi connectivity index (χ0n) is 16.3. The summed E-state index contributed by atoms with van der Waals surface area (Å²) < 4.78 is 19.4. The van der Waals surface area contributed by atoms with Crippen LogP contribution in [0.15, 0.2) is 40.9 Å². The Morgan fingerprint density at radius 3 is 2.90 bits per heavy atom. The van der Waals surface area contributed by atoms with Gasteiger partial charge in [0.2, 0.25) is 5.91 Å². The fourth-order valence-corrected chi connectivity index (χ4v) is 3.87. The number of aromatic nitrogens is 3. The van der Waals surface area contributed by atoms with E-state index in [1.54, 1.807) is 18.2 Å². The highest BCUT2D eigenvalue weighted by Crippen LogP contribution is 2.27. The van der Waals surface area contributed by atoms with Gasteiger partial charge in [0.15, 0.2) is 17.5 Å². The van der Waals surface area contributed by atoms with Crippen molar-refractivity contribution in [3.05, 3.63) is 53.9 Å². The lowest BCUT2D eigenvalue weighted by Gasteiger charge is -2.20. The van der Waals surface area contributed by atoms with Gasteiger partial charge in [0.1, 0.15) is 5.82 Å². The molecular formula is C22H25FN4O2. The second kappa shape index (κ2) is 9.03. The number of H-pyrrole nitrogens is 1. The molecule has 1 saturated carbocycles. The molecule has 2 N–H and O–H groups in total. The van der Waals surface area contributed by atoms with Crippen molar-refractivity contribution in [2.45, 2.75) is 51.4 Å². The maximum absolute atomic E-state index is 13.8. The first kappa shape index (κ1) is 19.4. The van der Waals surface area contributed by atoms with Crippen molar-refractivity contribution in [2.24, 2.45) is 5.92 Å². The maximum atomic E-state index is 13.8. The summed E-state index contributed by atoms with van der Waals surface area (Å²) in [6.45, 7) is 0. The predicted molar refractivity (Wildman–Crippen MR) is 108 cm³/mol. The standard InChI is InChI=1S/C22H25FN4O2/c23-18-9-5-4-8-17(18)19-14-24-22(29-19)11-10-21(28)25-20-13-16(26-27-20)12-15-6-2-1-3-7-15/h4-5,8-9,13-15H,1-3,6-7,10-12H2,(H2,25,26,27,28). The lowest BCUT2D eigenvalue weighted by Crippen LogP contribution is -2.12. The van der Waals surface area contributed by atoms with E-state index in [9.17, 15) is 9.18 Å². The van der Waals surface area contributed by atoms with E-state index < -0.39 is 0 Å². The van der Waals surface area contributed by atoms with Crippen LogP contribution in [-0.4, -0.2) is 21.1 Å². The third-order valence-electron chi connectivity index (χ3n) is 5.39. The van der Waals surface area contributed by atoms with Gasteiger partial charge >= 0.3 is 0 Å². The molecule has 1 aliphatic carbocycles. The minimum atomic E-state index is -0.365. The fraction of sp³-hybridized carbons (Fsp3) is 0.409. The van der Waals surface area contributed by atoms with Gasteiger partial charge in [-0.1, -0.05) is 44.2 Å². The van der Waals surface area contributed by atoms with Gasteiger partial charge in [0, 0.05) is 24.6 Å². The van der Waals surface area contributed by atoms with Crippen LogP contribution in [0.4, 0.5) is 10.2 Å². The lowest BCUT2D eigenvalue weighted by molar-refractivity contribution is -0.116. The Kier molecular flexibility index (Phi) is 6.03.